The van der Waals surface area contributed by atoms with Crippen LogP contribution < -0.4 is 4.74 Å². The Balaban J connectivity index is 1.78. The minimum Gasteiger partial charge on any atom is -0.486 e. The molecule has 0 N–H and O–H groups in total. The van der Waals surface area contributed by atoms with Crippen molar-refractivity contribution in [3.05, 3.63) is 66.4 Å². The van der Waals surface area contributed by atoms with Crippen molar-refractivity contribution in [3.8, 4) is 5.75 Å². The van der Waals surface area contributed by atoms with Crippen LogP contribution in [0.2, 0.25) is 5.02 Å². The van der Waals surface area contributed by atoms with Crippen LogP contribution in [-0.2, 0) is 20.9 Å². The summed E-state index contributed by atoms with van der Waals surface area (Å²) >= 11 is 13.9. The third kappa shape index (κ3) is 5.26. The standard InChI is InChI=1S/C20H14Br2ClNO5S/c1-28-17(25)9-24-19(26)16(30-20(24)27)8-11-6-13(21)18(14(22)7-11)29-10-12-4-2-3-5-15(12)23/h2-8H,9-10H2,1H3/b16-8-. The van der Waals surface area contributed by atoms with Crippen molar-refractivity contribution in [3.63, 3.8) is 0 Å². The number of carbonyl (C=O) groups is 3. The predicted octanol–water partition coefficient (Wildman–Crippen LogP) is 5.65. The molecule has 0 bridgehead atoms. The van der Waals surface area contributed by atoms with E-state index in [2.05, 4.69) is 36.6 Å². The summed E-state index contributed by atoms with van der Waals surface area (Å²) in [5, 5.41) is 0.0959. The third-order valence-corrected chi connectivity index (χ3v) is 6.49. The van der Waals surface area contributed by atoms with Crippen molar-refractivity contribution in [1.82, 2.24) is 4.90 Å². The summed E-state index contributed by atoms with van der Waals surface area (Å²) in [5.74, 6) is -0.628. The first-order chi connectivity index (χ1) is 14.3. The maximum Gasteiger partial charge on any atom is 0.325 e. The molecule has 10 heteroatoms. The lowest BCUT2D eigenvalue weighted by molar-refractivity contribution is -0.143. The molecule has 0 unspecified atom stereocenters. The van der Waals surface area contributed by atoms with E-state index in [0.717, 1.165) is 22.2 Å². The first-order valence-electron chi connectivity index (χ1n) is 8.47. The Labute approximate surface area is 198 Å². The van der Waals surface area contributed by atoms with Crippen LogP contribution in [0.3, 0.4) is 0 Å². The largest absolute Gasteiger partial charge is 0.486 e. The first-order valence-corrected chi connectivity index (χ1v) is 11.3. The van der Waals surface area contributed by atoms with Gasteiger partial charge in [0.25, 0.3) is 11.1 Å². The van der Waals surface area contributed by atoms with E-state index in [-0.39, 0.29) is 11.5 Å². The van der Waals surface area contributed by atoms with Gasteiger partial charge in [0.2, 0.25) is 0 Å². The lowest BCUT2D eigenvalue weighted by Gasteiger charge is -2.12. The molecule has 1 saturated heterocycles. The fraction of sp³-hybridized carbons (Fsp3) is 0.150. The Morgan fingerprint density at radius 3 is 2.50 bits per heavy atom. The Hall–Kier alpha value is -1.81. The fourth-order valence-electron chi connectivity index (χ4n) is 2.55. The second-order valence-electron chi connectivity index (χ2n) is 6.04. The molecule has 0 saturated carbocycles. The number of benzene rings is 2. The number of halogens is 3. The lowest BCUT2D eigenvalue weighted by atomic mass is 10.2. The molecular weight excluding hydrogens is 562 g/mol. The van der Waals surface area contributed by atoms with E-state index in [1.54, 1.807) is 24.3 Å². The molecular formula is C20H14Br2ClNO5S. The molecule has 1 aliphatic rings. The van der Waals surface area contributed by atoms with Crippen LogP contribution in [0.5, 0.6) is 5.75 Å². The van der Waals surface area contributed by atoms with Crippen LogP contribution in [0.15, 0.2) is 50.2 Å². The van der Waals surface area contributed by atoms with Crippen LogP contribution >= 0.6 is 55.2 Å². The Morgan fingerprint density at radius 2 is 1.87 bits per heavy atom. The molecule has 2 aromatic rings. The van der Waals surface area contributed by atoms with Gasteiger partial charge >= 0.3 is 5.97 Å². The predicted molar refractivity (Wildman–Crippen MR) is 122 cm³/mol. The van der Waals surface area contributed by atoms with E-state index in [0.29, 0.717) is 25.3 Å². The summed E-state index contributed by atoms with van der Waals surface area (Å²) in [5.41, 5.74) is 1.52. The number of thioether (sulfide) groups is 1. The van der Waals surface area contributed by atoms with Crippen molar-refractivity contribution in [2.24, 2.45) is 0 Å². The van der Waals surface area contributed by atoms with Gasteiger partial charge < -0.3 is 9.47 Å². The molecule has 1 aliphatic heterocycles. The van der Waals surface area contributed by atoms with Gasteiger partial charge in [0.05, 0.1) is 21.0 Å². The molecule has 0 atom stereocenters. The molecule has 0 radical (unpaired) electrons. The number of hydrogen-bond donors (Lipinski definition) is 0. The second-order valence-corrected chi connectivity index (χ2v) is 9.15. The number of ether oxygens (including phenoxy) is 2. The Morgan fingerprint density at radius 1 is 1.20 bits per heavy atom. The highest BCUT2D eigenvalue weighted by atomic mass is 79.9. The summed E-state index contributed by atoms with van der Waals surface area (Å²) in [7, 11) is 1.20. The number of rotatable bonds is 6. The highest BCUT2D eigenvalue weighted by Crippen LogP contribution is 2.38. The number of carbonyl (C=O) groups excluding carboxylic acids is 3. The summed E-state index contributed by atoms with van der Waals surface area (Å²) in [4.78, 5) is 37.0. The molecule has 156 valence electrons. The molecule has 6 nitrogen and oxygen atoms in total. The van der Waals surface area contributed by atoms with Crippen molar-refractivity contribution in [2.75, 3.05) is 13.7 Å². The first kappa shape index (κ1) is 22.9. The van der Waals surface area contributed by atoms with Crippen LogP contribution in [0.4, 0.5) is 4.79 Å². The van der Waals surface area contributed by atoms with Crippen LogP contribution in [0, 0.1) is 0 Å². The summed E-state index contributed by atoms with van der Waals surface area (Å²) < 4.78 is 11.7. The second kappa shape index (κ2) is 10.00. The highest BCUT2D eigenvalue weighted by molar-refractivity contribution is 9.11. The van der Waals surface area contributed by atoms with Gasteiger partial charge in [-0.2, -0.15) is 0 Å². The van der Waals surface area contributed by atoms with E-state index < -0.39 is 23.7 Å². The summed E-state index contributed by atoms with van der Waals surface area (Å²) in [6.45, 7) is -0.136. The molecule has 30 heavy (non-hydrogen) atoms. The SMILES string of the molecule is COC(=O)CN1C(=O)S/C(=C\c2cc(Br)c(OCc3ccccc3Cl)c(Br)c2)C1=O. The molecule has 0 aliphatic carbocycles. The van der Waals surface area contributed by atoms with Gasteiger partial charge in [-0.3, -0.25) is 19.3 Å². The Bertz CT molecular complexity index is 1040. The number of amides is 2. The molecule has 1 heterocycles. The van der Waals surface area contributed by atoms with E-state index in [1.807, 2.05) is 18.2 Å². The fourth-order valence-corrected chi connectivity index (χ4v) is 5.03. The Kier molecular flexibility index (Phi) is 7.62. The summed E-state index contributed by atoms with van der Waals surface area (Å²) in [6.07, 6.45) is 1.58. The number of methoxy groups -OCH3 is 1. The van der Waals surface area contributed by atoms with Crippen LogP contribution in [0.1, 0.15) is 11.1 Å². The zero-order chi connectivity index (χ0) is 21.8. The van der Waals surface area contributed by atoms with Gasteiger partial charge in [-0.05, 0) is 73.5 Å². The average molecular weight is 576 g/mol. The smallest absolute Gasteiger partial charge is 0.325 e. The zero-order valence-corrected chi connectivity index (χ0v) is 20.2. The number of nitrogens with zero attached hydrogens (tertiary/aromatic N) is 1. The number of hydrogen-bond acceptors (Lipinski definition) is 6. The van der Waals surface area contributed by atoms with Gasteiger partial charge in [0, 0.05) is 10.6 Å². The summed E-state index contributed by atoms with van der Waals surface area (Å²) in [6, 6.07) is 10.9. The van der Waals surface area contributed by atoms with Crippen LogP contribution in [0.25, 0.3) is 6.08 Å². The number of imide groups is 1. The topological polar surface area (TPSA) is 72.9 Å². The van der Waals surface area contributed by atoms with Gasteiger partial charge in [-0.25, -0.2) is 0 Å². The normalized spacial score (nSPS) is 15.1. The van der Waals surface area contributed by atoms with Crippen molar-refractivity contribution in [1.29, 1.82) is 0 Å². The molecule has 2 aromatic carbocycles. The van der Waals surface area contributed by atoms with Crippen LogP contribution in [-0.4, -0.2) is 35.7 Å². The van der Waals surface area contributed by atoms with Crippen molar-refractivity contribution in [2.45, 2.75) is 6.61 Å². The van der Waals surface area contributed by atoms with E-state index in [4.69, 9.17) is 16.3 Å². The minimum absolute atomic E-state index is 0.215. The van der Waals surface area contributed by atoms with Gasteiger partial charge in [-0.1, -0.05) is 29.8 Å². The quantitative estimate of drug-likeness (QED) is 0.327. The van der Waals surface area contributed by atoms with Gasteiger partial charge in [-0.15, -0.1) is 0 Å². The third-order valence-electron chi connectivity index (χ3n) is 4.04. The van der Waals surface area contributed by atoms with E-state index in [1.165, 1.54) is 7.11 Å². The molecule has 1 fully saturated rings. The van der Waals surface area contributed by atoms with E-state index >= 15 is 0 Å². The molecule has 2 amide bonds. The van der Waals surface area contributed by atoms with Gasteiger partial charge in [0.1, 0.15) is 18.9 Å². The van der Waals surface area contributed by atoms with Crippen molar-refractivity contribution < 1.29 is 23.9 Å². The molecule has 3 rings (SSSR count). The molecule has 0 aromatic heterocycles. The molecule has 0 spiro atoms. The van der Waals surface area contributed by atoms with Crippen molar-refractivity contribution >= 4 is 78.4 Å². The minimum atomic E-state index is -0.663. The zero-order valence-electron chi connectivity index (χ0n) is 15.5. The number of esters is 1. The lowest BCUT2D eigenvalue weighted by Crippen LogP contribution is -2.34. The van der Waals surface area contributed by atoms with Gasteiger partial charge in [0.15, 0.2) is 0 Å². The monoisotopic (exact) mass is 573 g/mol. The maximum atomic E-state index is 12.4. The average Bonchev–Trinajstić information content (AvgIpc) is 2.95. The van der Waals surface area contributed by atoms with E-state index in [9.17, 15) is 14.4 Å². The highest BCUT2D eigenvalue weighted by Gasteiger charge is 2.36. The maximum absolute atomic E-state index is 12.4.